The Kier molecular flexibility index (Phi) is 5.11. The molecule has 0 unspecified atom stereocenters. The highest BCUT2D eigenvalue weighted by Crippen LogP contribution is 2.15. The van der Waals surface area contributed by atoms with Crippen molar-refractivity contribution in [1.82, 2.24) is 15.0 Å². The zero-order valence-electron chi connectivity index (χ0n) is 11.6. The number of carboxylic acid groups (broad SMARTS) is 1. The van der Waals surface area contributed by atoms with E-state index in [-0.39, 0.29) is 23.4 Å². The molecule has 0 aliphatic carbocycles. The first-order valence-electron chi connectivity index (χ1n) is 6.51. The van der Waals surface area contributed by atoms with Gasteiger partial charge in [-0.1, -0.05) is 0 Å². The molecular weight excluding hydrogens is 348 g/mol. The number of aryl methyl sites for hydroxylation is 1. The van der Waals surface area contributed by atoms with Crippen LogP contribution in [0.3, 0.4) is 0 Å². The predicted molar refractivity (Wildman–Crippen MR) is 75.2 cm³/mol. The number of nitrogens with zero attached hydrogens (tertiary/aromatic N) is 4. The van der Waals surface area contributed by atoms with Gasteiger partial charge in [-0.15, -0.1) is 0 Å². The van der Waals surface area contributed by atoms with E-state index in [1.54, 1.807) is 12.4 Å². The zero-order chi connectivity index (χ0) is 14.7. The Balaban J connectivity index is 0.00000176. The third-order valence-corrected chi connectivity index (χ3v) is 3.09. The number of pyridine rings is 2. The molecule has 112 valence electrons. The second-order valence-electron chi connectivity index (χ2n) is 4.58. The van der Waals surface area contributed by atoms with Gasteiger partial charge in [0.2, 0.25) is 0 Å². The molecular formula is C15H13BrN4O2. The number of aromatic nitrogens is 4. The first-order valence-corrected chi connectivity index (χ1v) is 6.51. The van der Waals surface area contributed by atoms with Crippen LogP contribution in [0.4, 0.5) is 0 Å². The van der Waals surface area contributed by atoms with Gasteiger partial charge >= 0.3 is 5.97 Å². The Morgan fingerprint density at radius 2 is 1.95 bits per heavy atom. The fourth-order valence-corrected chi connectivity index (χ4v) is 1.98. The third-order valence-electron chi connectivity index (χ3n) is 3.09. The summed E-state index contributed by atoms with van der Waals surface area (Å²) in [7, 11) is 0. The van der Waals surface area contributed by atoms with Crippen LogP contribution < -0.4 is 21.5 Å². The van der Waals surface area contributed by atoms with Crippen LogP contribution in [0.5, 0.6) is 0 Å². The van der Waals surface area contributed by atoms with E-state index < -0.39 is 5.97 Å². The number of carbonyl (C=O) groups is 1. The van der Waals surface area contributed by atoms with Crippen LogP contribution in [0.2, 0.25) is 0 Å². The van der Waals surface area contributed by atoms with Crippen molar-refractivity contribution < 1.29 is 31.4 Å². The lowest BCUT2D eigenvalue weighted by molar-refractivity contribution is -0.695. The van der Waals surface area contributed by atoms with E-state index in [1.165, 1.54) is 0 Å². The highest BCUT2D eigenvalue weighted by molar-refractivity contribution is 5.75. The smallest absolute Gasteiger partial charge is 0.309 e. The molecule has 0 aliphatic heterocycles. The van der Waals surface area contributed by atoms with Crippen molar-refractivity contribution in [2.24, 2.45) is 0 Å². The summed E-state index contributed by atoms with van der Waals surface area (Å²) in [6.45, 7) is 0.440. The van der Waals surface area contributed by atoms with Crippen molar-refractivity contribution >= 4 is 17.0 Å². The van der Waals surface area contributed by atoms with Gasteiger partial charge < -0.3 is 22.1 Å². The number of hydrogen-bond donors (Lipinski definition) is 1. The fourth-order valence-electron chi connectivity index (χ4n) is 1.98. The maximum Gasteiger partial charge on any atom is 0.309 e. The van der Waals surface area contributed by atoms with Crippen LogP contribution in [0, 0.1) is 0 Å². The Hall–Kier alpha value is -2.41. The van der Waals surface area contributed by atoms with Crippen LogP contribution >= 0.6 is 0 Å². The number of hydrogen-bond acceptors (Lipinski definition) is 4. The first kappa shape index (κ1) is 16.0. The lowest BCUT2D eigenvalue weighted by atomic mass is 10.2. The van der Waals surface area contributed by atoms with E-state index in [4.69, 9.17) is 5.11 Å². The van der Waals surface area contributed by atoms with Crippen LogP contribution in [0.1, 0.15) is 6.42 Å². The van der Waals surface area contributed by atoms with Gasteiger partial charge in [0.25, 0.3) is 0 Å². The Morgan fingerprint density at radius 3 is 2.68 bits per heavy atom. The van der Waals surface area contributed by atoms with Gasteiger partial charge in [-0.05, 0) is 12.1 Å². The van der Waals surface area contributed by atoms with Crippen LogP contribution in [-0.2, 0) is 11.3 Å². The SMILES string of the molecule is O=C(O)CC[n+]1ccc(-c2ncc3cccnc3n2)cc1.[Br-]. The van der Waals surface area contributed by atoms with E-state index in [0.29, 0.717) is 18.0 Å². The van der Waals surface area contributed by atoms with E-state index in [1.807, 2.05) is 41.2 Å². The third kappa shape index (κ3) is 3.62. The number of halogens is 1. The Bertz CT molecular complexity index is 793. The van der Waals surface area contributed by atoms with E-state index in [9.17, 15) is 4.79 Å². The van der Waals surface area contributed by atoms with E-state index >= 15 is 0 Å². The molecule has 3 aromatic heterocycles. The van der Waals surface area contributed by atoms with Crippen molar-refractivity contribution in [1.29, 1.82) is 0 Å². The molecule has 0 saturated heterocycles. The maximum absolute atomic E-state index is 10.5. The predicted octanol–water partition coefficient (Wildman–Crippen LogP) is -1.54. The molecule has 0 atom stereocenters. The standard InChI is InChI=1S/C15H12N4O2.BrH/c20-13(21)5-9-19-7-3-11(4-8-19)14-17-10-12-2-1-6-16-15(12)18-14;/h1-4,6-8,10H,5,9H2;1H. The quantitative estimate of drug-likeness (QED) is 0.570. The molecule has 22 heavy (non-hydrogen) atoms. The van der Waals surface area contributed by atoms with Crippen molar-refractivity contribution in [2.75, 3.05) is 0 Å². The lowest BCUT2D eigenvalue weighted by Gasteiger charge is -2.01. The van der Waals surface area contributed by atoms with E-state index in [2.05, 4.69) is 15.0 Å². The van der Waals surface area contributed by atoms with E-state index in [0.717, 1.165) is 10.9 Å². The van der Waals surface area contributed by atoms with Gasteiger partial charge in [0.15, 0.2) is 30.4 Å². The van der Waals surface area contributed by atoms with Crippen molar-refractivity contribution in [3.05, 3.63) is 49.1 Å². The number of rotatable bonds is 4. The summed E-state index contributed by atoms with van der Waals surface area (Å²) < 4.78 is 1.82. The second kappa shape index (κ2) is 7.04. The fraction of sp³-hybridized carbons (Fsp3) is 0.133. The Labute approximate surface area is 137 Å². The molecule has 7 heteroatoms. The number of carboxylic acids is 1. The summed E-state index contributed by atoms with van der Waals surface area (Å²) in [6, 6.07) is 7.49. The molecule has 0 spiro atoms. The largest absolute Gasteiger partial charge is 1.00 e. The molecule has 0 bridgehead atoms. The van der Waals surface area contributed by atoms with Crippen LogP contribution in [-0.4, -0.2) is 26.0 Å². The highest BCUT2D eigenvalue weighted by atomic mass is 79.9. The minimum Gasteiger partial charge on any atom is -1.00 e. The zero-order valence-corrected chi connectivity index (χ0v) is 13.1. The average Bonchev–Trinajstić information content (AvgIpc) is 2.53. The van der Waals surface area contributed by atoms with Gasteiger partial charge in [-0.25, -0.2) is 19.5 Å². The summed E-state index contributed by atoms with van der Waals surface area (Å²) in [5.41, 5.74) is 1.53. The number of fused-ring (bicyclic) bond motifs is 1. The monoisotopic (exact) mass is 360 g/mol. The minimum absolute atomic E-state index is 0. The summed E-state index contributed by atoms with van der Waals surface area (Å²) in [5, 5.41) is 9.56. The summed E-state index contributed by atoms with van der Waals surface area (Å²) >= 11 is 0. The molecule has 0 saturated carbocycles. The molecule has 0 fully saturated rings. The van der Waals surface area contributed by atoms with Crippen molar-refractivity contribution in [3.8, 4) is 11.4 Å². The van der Waals surface area contributed by atoms with Crippen molar-refractivity contribution in [2.45, 2.75) is 13.0 Å². The molecule has 1 N–H and O–H groups in total. The van der Waals surface area contributed by atoms with Crippen molar-refractivity contribution in [3.63, 3.8) is 0 Å². The van der Waals surface area contributed by atoms with Gasteiger partial charge in [0, 0.05) is 35.5 Å². The normalized spacial score (nSPS) is 10.2. The maximum atomic E-state index is 10.5. The second-order valence-corrected chi connectivity index (χ2v) is 4.58. The van der Waals surface area contributed by atoms with Gasteiger partial charge in [0.1, 0.15) is 6.42 Å². The highest BCUT2D eigenvalue weighted by Gasteiger charge is 2.08. The average molecular weight is 361 g/mol. The number of aliphatic carboxylic acids is 1. The minimum atomic E-state index is -0.810. The summed E-state index contributed by atoms with van der Waals surface area (Å²) in [6.07, 6.45) is 7.19. The first-order chi connectivity index (χ1) is 10.2. The molecule has 3 rings (SSSR count). The molecule has 0 radical (unpaired) electrons. The summed E-state index contributed by atoms with van der Waals surface area (Å²) in [5.74, 6) is -0.206. The molecule has 3 heterocycles. The molecule has 0 aliphatic rings. The summed E-state index contributed by atoms with van der Waals surface area (Å²) in [4.78, 5) is 23.5. The molecule has 6 nitrogen and oxygen atoms in total. The van der Waals surface area contributed by atoms with Gasteiger partial charge in [-0.3, -0.25) is 4.79 Å². The molecule has 0 aromatic carbocycles. The van der Waals surface area contributed by atoms with Crippen LogP contribution in [0.25, 0.3) is 22.4 Å². The van der Waals surface area contributed by atoms with Crippen LogP contribution in [0.15, 0.2) is 49.1 Å². The Morgan fingerprint density at radius 1 is 1.18 bits per heavy atom. The van der Waals surface area contributed by atoms with Gasteiger partial charge in [-0.2, -0.15) is 0 Å². The molecule has 3 aromatic rings. The van der Waals surface area contributed by atoms with Gasteiger partial charge in [0.05, 0.1) is 0 Å². The topological polar surface area (TPSA) is 79.9 Å². The molecule has 0 amide bonds. The lowest BCUT2D eigenvalue weighted by Crippen LogP contribution is -3.00.